The topological polar surface area (TPSA) is 82.1 Å². The van der Waals surface area contributed by atoms with Gasteiger partial charge in [-0.25, -0.2) is 22.5 Å². The second-order valence-electron chi connectivity index (χ2n) is 12.4. The molecule has 0 N–H and O–H groups in total. The first-order valence-corrected chi connectivity index (χ1v) is 15.6. The van der Waals surface area contributed by atoms with Gasteiger partial charge in [-0.05, 0) is 62.8 Å². The van der Waals surface area contributed by atoms with Gasteiger partial charge in [-0.3, -0.25) is 4.90 Å². The Kier molecular flexibility index (Phi) is 8.06. The van der Waals surface area contributed by atoms with Crippen molar-refractivity contribution in [3.05, 3.63) is 28.5 Å². The second kappa shape index (κ2) is 11.9. The lowest BCUT2D eigenvalue weighted by molar-refractivity contribution is 0.0511. The summed E-state index contributed by atoms with van der Waals surface area (Å²) in [5.41, 5.74) is 0.386. The predicted molar refractivity (Wildman–Crippen MR) is 159 cm³/mol. The zero-order valence-electron chi connectivity index (χ0n) is 25.0. The average Bonchev–Trinajstić information content (AvgIpc) is 3.71. The molecule has 7 rings (SSSR count). The summed E-state index contributed by atoms with van der Waals surface area (Å²) in [5.74, 6) is -0.265. The van der Waals surface area contributed by atoms with E-state index in [1.54, 1.807) is 19.1 Å². The van der Waals surface area contributed by atoms with E-state index in [0.29, 0.717) is 29.3 Å². The van der Waals surface area contributed by atoms with Crippen LogP contribution in [0.1, 0.15) is 50.5 Å². The van der Waals surface area contributed by atoms with Crippen molar-refractivity contribution in [2.45, 2.75) is 69.1 Å². The number of hydrogen-bond donors (Lipinski definition) is 0. The zero-order chi connectivity index (χ0) is 31.5. The van der Waals surface area contributed by atoms with Crippen LogP contribution >= 0.6 is 11.6 Å². The number of pyridine rings is 1. The van der Waals surface area contributed by atoms with Gasteiger partial charge in [0.05, 0.1) is 18.1 Å². The molecule has 4 aliphatic rings. The molecule has 45 heavy (non-hydrogen) atoms. The number of benzene rings is 1. The summed E-state index contributed by atoms with van der Waals surface area (Å²) in [6, 6.07) is 2.58. The highest BCUT2D eigenvalue weighted by molar-refractivity contribution is 6.32. The number of anilines is 1. The number of halogens is 5. The van der Waals surface area contributed by atoms with E-state index in [0.717, 1.165) is 37.8 Å². The number of hydrogen-bond acceptors (Lipinski definition) is 9. The Morgan fingerprint density at radius 3 is 2.76 bits per heavy atom. The molecule has 9 nitrogen and oxygen atoms in total. The van der Waals surface area contributed by atoms with Crippen molar-refractivity contribution in [3.63, 3.8) is 0 Å². The Hall–Kier alpha value is -3.16. The van der Waals surface area contributed by atoms with Crippen molar-refractivity contribution in [2.75, 3.05) is 51.7 Å². The first kappa shape index (κ1) is 30.5. The molecular formula is C31H34ClF4N5O4. The van der Waals surface area contributed by atoms with Crippen LogP contribution in [-0.4, -0.2) is 90.8 Å². The van der Waals surface area contributed by atoms with Crippen LogP contribution in [0.4, 0.5) is 23.4 Å². The minimum absolute atomic E-state index is 0.00433. The molecule has 1 aromatic carbocycles. The van der Waals surface area contributed by atoms with Gasteiger partial charge in [0.1, 0.15) is 47.5 Å². The monoisotopic (exact) mass is 651 g/mol. The number of rotatable bonds is 10. The Morgan fingerprint density at radius 1 is 1.18 bits per heavy atom. The summed E-state index contributed by atoms with van der Waals surface area (Å²) < 4.78 is 81.8. The molecule has 3 aliphatic heterocycles. The maximum absolute atomic E-state index is 16.9. The molecule has 2 aromatic heterocycles. The van der Waals surface area contributed by atoms with E-state index in [4.69, 9.17) is 30.5 Å². The molecule has 2 saturated heterocycles. The summed E-state index contributed by atoms with van der Waals surface area (Å²) in [7, 11) is 1.48. The van der Waals surface area contributed by atoms with Gasteiger partial charge in [-0.15, -0.1) is 0 Å². The van der Waals surface area contributed by atoms with Gasteiger partial charge in [-0.2, -0.15) is 9.97 Å². The third-order valence-corrected chi connectivity index (χ3v) is 9.54. The lowest BCUT2D eigenvalue weighted by Gasteiger charge is -2.31. The molecule has 14 heteroatoms. The van der Waals surface area contributed by atoms with E-state index in [2.05, 4.69) is 19.9 Å². The Bertz CT molecular complexity index is 1610. The maximum Gasteiger partial charge on any atom is 0.319 e. The fourth-order valence-corrected chi connectivity index (χ4v) is 7.37. The van der Waals surface area contributed by atoms with Crippen molar-refractivity contribution in [2.24, 2.45) is 0 Å². The van der Waals surface area contributed by atoms with Crippen LogP contribution < -0.4 is 19.1 Å². The average molecular weight is 652 g/mol. The van der Waals surface area contributed by atoms with Gasteiger partial charge in [0, 0.05) is 30.7 Å². The van der Waals surface area contributed by atoms with Crippen LogP contribution in [0.3, 0.4) is 0 Å². The van der Waals surface area contributed by atoms with Crippen LogP contribution in [0.2, 0.25) is 5.02 Å². The van der Waals surface area contributed by atoms with Crippen molar-refractivity contribution >= 4 is 28.3 Å². The molecule has 242 valence electrons. The Morgan fingerprint density at radius 2 is 2.00 bits per heavy atom. The van der Waals surface area contributed by atoms with Gasteiger partial charge < -0.3 is 23.8 Å². The van der Waals surface area contributed by atoms with E-state index in [9.17, 15) is 13.2 Å². The number of nitrogens with zero attached hydrogens (tertiary/aromatic N) is 5. The van der Waals surface area contributed by atoms with E-state index in [1.165, 1.54) is 12.0 Å². The zero-order valence-corrected chi connectivity index (χ0v) is 25.8. The third kappa shape index (κ3) is 5.61. The Labute approximate surface area is 262 Å². The minimum atomic E-state index is -2.70. The lowest BCUT2D eigenvalue weighted by Crippen LogP contribution is -2.43. The molecule has 0 amide bonds. The fraction of sp³-hybridized carbons (Fsp3) is 0.581. The quantitative estimate of drug-likeness (QED) is 0.189. The summed E-state index contributed by atoms with van der Waals surface area (Å²) in [6.45, 7) is 2.18. The number of methoxy groups -OCH3 is 1. The van der Waals surface area contributed by atoms with E-state index in [-0.39, 0.29) is 60.2 Å². The van der Waals surface area contributed by atoms with Crippen LogP contribution in [0, 0.1) is 5.82 Å². The maximum atomic E-state index is 16.9. The molecule has 0 bridgehead atoms. The number of aromatic nitrogens is 3. The normalized spacial score (nSPS) is 24.7. The predicted octanol–water partition coefficient (Wildman–Crippen LogP) is 6.15. The van der Waals surface area contributed by atoms with Gasteiger partial charge in [0.25, 0.3) is 6.43 Å². The molecule has 0 radical (unpaired) electrons. The van der Waals surface area contributed by atoms with Gasteiger partial charge >= 0.3 is 6.01 Å². The molecule has 3 atom stereocenters. The summed E-state index contributed by atoms with van der Waals surface area (Å²) in [5, 5.41) is 0.478. The summed E-state index contributed by atoms with van der Waals surface area (Å²) in [6.07, 6.45) is 0.0516. The molecule has 5 heterocycles. The summed E-state index contributed by atoms with van der Waals surface area (Å²) in [4.78, 5) is 17.1. The van der Waals surface area contributed by atoms with Crippen LogP contribution in [-0.2, 0) is 4.74 Å². The van der Waals surface area contributed by atoms with E-state index < -0.39 is 36.5 Å². The van der Waals surface area contributed by atoms with Crippen molar-refractivity contribution < 1.29 is 36.5 Å². The van der Waals surface area contributed by atoms with Crippen molar-refractivity contribution in [3.8, 4) is 28.9 Å². The van der Waals surface area contributed by atoms with Crippen molar-refractivity contribution in [1.82, 2.24) is 19.9 Å². The lowest BCUT2D eigenvalue weighted by atomic mass is 9.95. The molecule has 1 saturated carbocycles. The number of alkyl halides is 3. The molecule has 0 spiro atoms. The van der Waals surface area contributed by atoms with E-state index in [1.807, 2.05) is 0 Å². The molecule has 3 aromatic rings. The smallest absolute Gasteiger partial charge is 0.319 e. The third-order valence-electron chi connectivity index (χ3n) is 9.23. The largest absolute Gasteiger partial charge is 0.475 e. The highest BCUT2D eigenvalue weighted by atomic mass is 35.5. The standard InChI is InChI=1S/C31H34ClF4N5O4/c1-16-13-43-29-24-27(25(36)26(37-29)20-8-19(45-15-42-2)9-21(32)23(20)17-4-5-17)38-30(39-28(24)41(16)12-22(34)35)44-14-31-6-3-7-40(31)11-18(33)10-31/h8-9,16-18,22H,3-7,10-15H2,1-2H3/t16-,18+,31-/m0/s1. The molecule has 3 fully saturated rings. The highest BCUT2D eigenvalue weighted by Crippen LogP contribution is 2.50. The molecule has 0 unspecified atom stereocenters. The molecular weight excluding hydrogens is 618 g/mol. The number of fused-ring (bicyclic) bond motifs is 1. The van der Waals surface area contributed by atoms with Gasteiger partial charge in [0.15, 0.2) is 12.6 Å². The fourth-order valence-electron chi connectivity index (χ4n) is 7.01. The highest BCUT2D eigenvalue weighted by Gasteiger charge is 2.49. The van der Waals surface area contributed by atoms with E-state index >= 15 is 4.39 Å². The second-order valence-corrected chi connectivity index (χ2v) is 12.8. The first-order valence-electron chi connectivity index (χ1n) is 15.2. The number of ether oxygens (including phenoxy) is 4. The summed E-state index contributed by atoms with van der Waals surface area (Å²) >= 11 is 6.72. The van der Waals surface area contributed by atoms with Gasteiger partial charge in [0.2, 0.25) is 5.88 Å². The van der Waals surface area contributed by atoms with Crippen LogP contribution in [0.5, 0.6) is 17.6 Å². The van der Waals surface area contributed by atoms with Crippen molar-refractivity contribution in [1.29, 1.82) is 0 Å². The SMILES string of the molecule is COCOc1cc(Cl)c(C2CC2)c(-c2nc3c4c(nc(OC[C@@]56CCCN5C[C@H](F)C6)nc4c2F)N(CC(F)F)[C@@H](C)CO3)c1. The van der Waals surface area contributed by atoms with Gasteiger partial charge in [-0.1, -0.05) is 11.6 Å². The van der Waals surface area contributed by atoms with Crippen LogP contribution in [0.25, 0.3) is 22.2 Å². The minimum Gasteiger partial charge on any atom is -0.475 e. The van der Waals surface area contributed by atoms with Crippen LogP contribution in [0.15, 0.2) is 12.1 Å². The first-order chi connectivity index (χ1) is 21.7. The Balaban J connectivity index is 1.39. The molecule has 1 aliphatic carbocycles.